The SMILES string of the molecule is Cc1cc2cc(NCc3cc(NC(=O)c4ccc(CN5CCC(N(C)C)C5)c(C(F)(F)F)c4)ccc3C)cnc2[nH]1. The van der Waals surface area contributed by atoms with Gasteiger partial charge in [-0.05, 0) is 87.5 Å². The molecule has 7 nitrogen and oxygen atoms in total. The fourth-order valence-electron chi connectivity index (χ4n) is 5.33. The third kappa shape index (κ3) is 6.71. The molecule has 4 aromatic rings. The number of likely N-dealkylation sites (tertiary alicyclic amines) is 1. The number of alkyl halides is 3. The highest BCUT2D eigenvalue weighted by Crippen LogP contribution is 2.34. The van der Waals surface area contributed by atoms with E-state index in [9.17, 15) is 18.0 Å². The molecule has 3 heterocycles. The molecule has 0 saturated carbocycles. The molecule has 0 spiro atoms. The number of fused-ring (bicyclic) bond motifs is 1. The molecular formula is C31H35F3N6O. The predicted octanol–water partition coefficient (Wildman–Crippen LogP) is 6.20. The van der Waals surface area contributed by atoms with Gasteiger partial charge in [-0.15, -0.1) is 0 Å². The summed E-state index contributed by atoms with van der Waals surface area (Å²) < 4.78 is 42.1. The van der Waals surface area contributed by atoms with Crippen LogP contribution in [0.1, 0.15) is 44.7 Å². The van der Waals surface area contributed by atoms with E-state index < -0.39 is 17.6 Å². The standard InChI is InChI=1S/C31H35F3N6O/c1-19-5-8-25(13-24(19)15-35-26-12-23-11-20(2)37-29(23)36-16-26)38-30(41)21-6-7-22(28(14-21)31(32,33)34)17-40-10-9-27(18-40)39(3)4/h5-8,11-14,16,27,35H,9-10,15,17-18H2,1-4H3,(H,36,37)(H,38,41). The lowest BCUT2D eigenvalue weighted by molar-refractivity contribution is -0.138. The van der Waals surface area contributed by atoms with Crippen molar-refractivity contribution in [1.29, 1.82) is 0 Å². The molecule has 2 aromatic heterocycles. The van der Waals surface area contributed by atoms with Gasteiger partial charge in [-0.1, -0.05) is 12.1 Å². The number of benzene rings is 2. The Morgan fingerprint density at radius 1 is 1.07 bits per heavy atom. The van der Waals surface area contributed by atoms with Crippen molar-refractivity contribution in [2.45, 2.75) is 45.6 Å². The number of carbonyl (C=O) groups excluding carboxylic acids is 1. The van der Waals surface area contributed by atoms with Gasteiger partial charge in [0.2, 0.25) is 0 Å². The quantitative estimate of drug-likeness (QED) is 0.238. The van der Waals surface area contributed by atoms with Crippen LogP contribution in [0.15, 0.2) is 54.7 Å². The van der Waals surface area contributed by atoms with Crippen LogP contribution in [0.5, 0.6) is 0 Å². The number of aryl methyl sites for hydroxylation is 2. The van der Waals surface area contributed by atoms with Gasteiger partial charge in [0.1, 0.15) is 5.65 Å². The highest BCUT2D eigenvalue weighted by molar-refractivity contribution is 6.04. The topological polar surface area (TPSA) is 76.3 Å². The van der Waals surface area contributed by atoms with E-state index in [1.165, 1.54) is 12.1 Å². The minimum absolute atomic E-state index is 0.0323. The molecule has 3 N–H and O–H groups in total. The largest absolute Gasteiger partial charge is 0.416 e. The van der Waals surface area contributed by atoms with Gasteiger partial charge in [0.05, 0.1) is 17.4 Å². The number of likely N-dealkylation sites (N-methyl/N-ethyl adjacent to an activating group) is 1. The minimum atomic E-state index is -4.56. The Morgan fingerprint density at radius 2 is 1.88 bits per heavy atom. The van der Waals surface area contributed by atoms with Crippen molar-refractivity contribution in [3.05, 3.63) is 88.2 Å². The van der Waals surface area contributed by atoms with Crippen LogP contribution in [0.3, 0.4) is 0 Å². The molecule has 1 atom stereocenters. The molecule has 1 aliphatic heterocycles. The van der Waals surface area contributed by atoms with Crippen LogP contribution < -0.4 is 10.6 Å². The third-order valence-electron chi connectivity index (χ3n) is 7.74. The second-order valence-corrected chi connectivity index (χ2v) is 11.1. The summed E-state index contributed by atoms with van der Waals surface area (Å²) in [5.41, 5.74) is 4.57. The second kappa shape index (κ2) is 11.5. The van der Waals surface area contributed by atoms with Gasteiger partial charge in [0, 0.05) is 54.6 Å². The average molecular weight is 565 g/mol. The maximum absolute atomic E-state index is 14.0. The summed E-state index contributed by atoms with van der Waals surface area (Å²) in [7, 11) is 3.97. The number of anilines is 2. The van der Waals surface area contributed by atoms with E-state index in [-0.39, 0.29) is 17.7 Å². The van der Waals surface area contributed by atoms with Crippen LogP contribution >= 0.6 is 0 Å². The second-order valence-electron chi connectivity index (χ2n) is 11.1. The molecule has 0 radical (unpaired) electrons. The molecule has 1 aliphatic rings. The number of aromatic nitrogens is 2. The van der Waals surface area contributed by atoms with Crippen LogP contribution in [0.25, 0.3) is 11.0 Å². The normalized spacial score (nSPS) is 16.0. The van der Waals surface area contributed by atoms with E-state index in [1.54, 1.807) is 12.3 Å². The smallest absolute Gasteiger partial charge is 0.380 e. The molecular weight excluding hydrogens is 529 g/mol. The summed E-state index contributed by atoms with van der Waals surface area (Å²) in [6.45, 7) is 6.09. The van der Waals surface area contributed by atoms with E-state index in [2.05, 4.69) is 25.5 Å². The summed E-state index contributed by atoms with van der Waals surface area (Å²) >= 11 is 0. The van der Waals surface area contributed by atoms with E-state index in [0.717, 1.165) is 52.6 Å². The maximum Gasteiger partial charge on any atom is 0.416 e. The number of hydrogen-bond acceptors (Lipinski definition) is 5. The Hall–Kier alpha value is -3.89. The van der Waals surface area contributed by atoms with Crippen molar-refractivity contribution >= 4 is 28.3 Å². The Balaban J connectivity index is 1.28. The van der Waals surface area contributed by atoms with Gasteiger partial charge < -0.3 is 20.5 Å². The molecule has 10 heteroatoms. The van der Waals surface area contributed by atoms with Gasteiger partial charge in [-0.3, -0.25) is 9.69 Å². The summed E-state index contributed by atoms with van der Waals surface area (Å²) in [5.74, 6) is -0.587. The number of pyridine rings is 1. The number of hydrogen-bond donors (Lipinski definition) is 3. The number of rotatable bonds is 8. The highest BCUT2D eigenvalue weighted by Gasteiger charge is 2.35. The van der Waals surface area contributed by atoms with Crippen LogP contribution in [0, 0.1) is 13.8 Å². The molecule has 1 unspecified atom stereocenters. The average Bonchev–Trinajstić information content (AvgIpc) is 3.54. The lowest BCUT2D eigenvalue weighted by Gasteiger charge is -2.22. The van der Waals surface area contributed by atoms with Crippen molar-refractivity contribution in [2.75, 3.05) is 37.8 Å². The lowest BCUT2D eigenvalue weighted by atomic mass is 10.0. The van der Waals surface area contributed by atoms with Crippen molar-refractivity contribution in [3.8, 4) is 0 Å². The zero-order valence-electron chi connectivity index (χ0n) is 23.7. The van der Waals surface area contributed by atoms with Crippen molar-refractivity contribution in [3.63, 3.8) is 0 Å². The summed E-state index contributed by atoms with van der Waals surface area (Å²) in [6.07, 6.45) is -1.89. The predicted molar refractivity (Wildman–Crippen MR) is 156 cm³/mol. The number of nitrogens with one attached hydrogen (secondary N) is 3. The first-order valence-corrected chi connectivity index (χ1v) is 13.7. The lowest BCUT2D eigenvalue weighted by Crippen LogP contribution is -2.31. The molecule has 1 saturated heterocycles. The molecule has 1 fully saturated rings. The first-order valence-electron chi connectivity index (χ1n) is 13.7. The number of nitrogens with zero attached hydrogens (tertiary/aromatic N) is 3. The van der Waals surface area contributed by atoms with Crippen LogP contribution in [-0.2, 0) is 19.3 Å². The fourth-order valence-corrected chi connectivity index (χ4v) is 5.33. The van der Waals surface area contributed by atoms with E-state index in [0.29, 0.717) is 24.8 Å². The molecule has 216 valence electrons. The maximum atomic E-state index is 14.0. The number of H-pyrrole nitrogens is 1. The number of halogens is 3. The zero-order valence-corrected chi connectivity index (χ0v) is 23.7. The number of aromatic amines is 1. The molecule has 0 aliphatic carbocycles. The first-order chi connectivity index (χ1) is 19.5. The minimum Gasteiger partial charge on any atom is -0.380 e. The molecule has 0 bridgehead atoms. The molecule has 1 amide bonds. The van der Waals surface area contributed by atoms with Gasteiger partial charge in [0.25, 0.3) is 5.91 Å². The van der Waals surface area contributed by atoms with Crippen molar-refractivity contribution in [1.82, 2.24) is 19.8 Å². The zero-order chi connectivity index (χ0) is 29.3. The number of amides is 1. The Kier molecular flexibility index (Phi) is 8.06. The summed E-state index contributed by atoms with van der Waals surface area (Å²) in [6, 6.07) is 13.7. The van der Waals surface area contributed by atoms with Crippen molar-refractivity contribution in [2.24, 2.45) is 0 Å². The number of carbonyl (C=O) groups is 1. The monoisotopic (exact) mass is 564 g/mol. The summed E-state index contributed by atoms with van der Waals surface area (Å²) in [5, 5.41) is 7.14. The fraction of sp³-hybridized carbons (Fsp3) is 0.355. The van der Waals surface area contributed by atoms with Gasteiger partial charge >= 0.3 is 6.18 Å². The van der Waals surface area contributed by atoms with Crippen LogP contribution in [0.4, 0.5) is 24.5 Å². The third-order valence-corrected chi connectivity index (χ3v) is 7.74. The first kappa shape index (κ1) is 28.6. The molecule has 5 rings (SSSR count). The Labute approximate surface area is 237 Å². The van der Waals surface area contributed by atoms with E-state index in [1.807, 2.05) is 57.1 Å². The highest BCUT2D eigenvalue weighted by atomic mass is 19.4. The van der Waals surface area contributed by atoms with Crippen molar-refractivity contribution < 1.29 is 18.0 Å². The Morgan fingerprint density at radius 3 is 2.61 bits per heavy atom. The van der Waals surface area contributed by atoms with Gasteiger partial charge in [-0.2, -0.15) is 13.2 Å². The van der Waals surface area contributed by atoms with Crippen LogP contribution in [-0.4, -0.2) is 58.9 Å². The van der Waals surface area contributed by atoms with E-state index in [4.69, 9.17) is 0 Å². The molecule has 2 aromatic carbocycles. The Bertz CT molecular complexity index is 1560. The molecule has 41 heavy (non-hydrogen) atoms. The van der Waals surface area contributed by atoms with Crippen LogP contribution in [0.2, 0.25) is 0 Å². The summed E-state index contributed by atoms with van der Waals surface area (Å²) in [4.78, 5) is 24.8. The van der Waals surface area contributed by atoms with E-state index >= 15 is 0 Å². The van der Waals surface area contributed by atoms with Gasteiger partial charge in [-0.25, -0.2) is 4.98 Å². The van der Waals surface area contributed by atoms with Gasteiger partial charge in [0.15, 0.2) is 0 Å².